The number of hydrogen-bond donors (Lipinski definition) is 0. The van der Waals surface area contributed by atoms with Crippen LogP contribution in [0.25, 0.3) is 33.5 Å². The van der Waals surface area contributed by atoms with E-state index in [-0.39, 0.29) is 0 Å². The van der Waals surface area contributed by atoms with Gasteiger partial charge in [0.2, 0.25) is 0 Å². The minimum Gasteiger partial charge on any atom is -0.461 e. The van der Waals surface area contributed by atoms with Crippen LogP contribution >= 0.6 is 0 Å². The van der Waals surface area contributed by atoms with Gasteiger partial charge in [-0.3, -0.25) is 0 Å². The van der Waals surface area contributed by atoms with Gasteiger partial charge in [-0.15, -0.1) is 0 Å². The number of benzene rings is 3. The third-order valence-corrected chi connectivity index (χ3v) is 4.98. The average Bonchev–Trinajstić information content (AvgIpc) is 2.80. The number of aryl methyl sites for hydroxylation is 1. The normalized spacial score (nSPS) is 10.6. The molecular weight excluding hydrogens is 370 g/mol. The Morgan fingerprint density at radius 3 is 2.00 bits per heavy atom. The van der Waals surface area contributed by atoms with E-state index in [1.54, 1.807) is 0 Å². The molecule has 3 nitrogen and oxygen atoms in total. The van der Waals surface area contributed by atoms with Gasteiger partial charge < -0.3 is 4.74 Å². The molecule has 0 fully saturated rings. The first-order valence-electron chi connectivity index (χ1n) is 10.1. The highest BCUT2D eigenvalue weighted by molar-refractivity contribution is 6.01. The van der Waals surface area contributed by atoms with Gasteiger partial charge in [-0.1, -0.05) is 90.5 Å². The van der Waals surface area contributed by atoms with Crippen LogP contribution < -0.4 is 0 Å². The fraction of sp³-hybridized carbons (Fsp3) is 0.111. The predicted molar refractivity (Wildman–Crippen MR) is 121 cm³/mol. The Balaban J connectivity index is 2.04. The fourth-order valence-electron chi connectivity index (χ4n) is 3.51. The topological polar surface area (TPSA) is 39.2 Å². The Kier molecular flexibility index (Phi) is 5.71. The van der Waals surface area contributed by atoms with E-state index in [4.69, 9.17) is 9.72 Å². The van der Waals surface area contributed by atoms with Crippen molar-refractivity contribution in [3.63, 3.8) is 0 Å². The van der Waals surface area contributed by atoms with Gasteiger partial charge in [-0.05, 0) is 36.6 Å². The lowest BCUT2D eigenvalue weighted by molar-refractivity contribution is 0.0520. The van der Waals surface area contributed by atoms with Crippen LogP contribution in [-0.4, -0.2) is 17.6 Å². The molecule has 0 N–H and O–H groups in total. The Bertz CT molecular complexity index is 1150. The van der Waals surface area contributed by atoms with Crippen LogP contribution in [0.1, 0.15) is 23.0 Å². The first-order chi connectivity index (χ1) is 14.7. The molecule has 0 aliphatic heterocycles. The Morgan fingerprint density at radius 1 is 0.800 bits per heavy atom. The quantitative estimate of drug-likeness (QED) is 0.360. The summed E-state index contributed by atoms with van der Waals surface area (Å²) < 4.78 is 5.39. The molecular formula is C27H23NO2. The molecule has 1 aromatic heterocycles. The van der Waals surface area contributed by atoms with Crippen molar-refractivity contribution in [3.05, 3.63) is 102 Å². The molecule has 4 rings (SSSR count). The number of ether oxygens (including phenoxy) is 1. The number of pyridine rings is 1. The number of aromatic nitrogens is 1. The number of carbonyl (C=O) groups excluding carboxylic acids is 1. The molecule has 0 saturated carbocycles. The molecule has 148 valence electrons. The van der Waals surface area contributed by atoms with Crippen LogP contribution in [0.3, 0.4) is 0 Å². The standard InChI is InChI=1S/C27H23NO2/c1-3-30-27(29)26-25(22-16-14-19(2)15-17-22)23(20-10-6-4-7-11-20)18-24(28-26)21-12-8-5-9-13-21/h4-18H,3H2,1-2H3. The highest BCUT2D eigenvalue weighted by Crippen LogP contribution is 2.37. The Morgan fingerprint density at radius 2 is 1.40 bits per heavy atom. The maximum Gasteiger partial charge on any atom is 0.357 e. The van der Waals surface area contributed by atoms with Crippen LogP contribution in [0.5, 0.6) is 0 Å². The first kappa shape index (κ1) is 19.6. The molecule has 0 aliphatic carbocycles. The SMILES string of the molecule is CCOC(=O)c1nc(-c2ccccc2)cc(-c2ccccc2)c1-c1ccc(C)cc1. The molecule has 0 bridgehead atoms. The van der Waals surface area contributed by atoms with Crippen molar-refractivity contribution in [3.8, 4) is 33.5 Å². The maximum absolute atomic E-state index is 13.0. The summed E-state index contributed by atoms with van der Waals surface area (Å²) in [4.78, 5) is 17.8. The van der Waals surface area contributed by atoms with E-state index in [1.165, 1.54) is 0 Å². The van der Waals surface area contributed by atoms with Crippen molar-refractivity contribution >= 4 is 5.97 Å². The molecule has 0 spiro atoms. The minimum atomic E-state index is -0.414. The third kappa shape index (κ3) is 4.01. The molecule has 0 amide bonds. The largest absolute Gasteiger partial charge is 0.461 e. The van der Waals surface area contributed by atoms with Crippen LogP contribution in [0.15, 0.2) is 91.0 Å². The molecule has 4 aromatic rings. The smallest absolute Gasteiger partial charge is 0.357 e. The number of nitrogens with zero attached hydrogens (tertiary/aromatic N) is 1. The molecule has 3 aromatic carbocycles. The molecule has 30 heavy (non-hydrogen) atoms. The van der Waals surface area contributed by atoms with Gasteiger partial charge >= 0.3 is 5.97 Å². The van der Waals surface area contributed by atoms with Crippen molar-refractivity contribution in [2.45, 2.75) is 13.8 Å². The summed E-state index contributed by atoms with van der Waals surface area (Å²) in [5.41, 5.74) is 6.90. The summed E-state index contributed by atoms with van der Waals surface area (Å²) in [5.74, 6) is -0.414. The lowest BCUT2D eigenvalue weighted by Gasteiger charge is -2.17. The lowest BCUT2D eigenvalue weighted by atomic mass is 9.91. The van der Waals surface area contributed by atoms with Crippen molar-refractivity contribution in [2.24, 2.45) is 0 Å². The molecule has 0 radical (unpaired) electrons. The van der Waals surface area contributed by atoms with Crippen LogP contribution in [0.4, 0.5) is 0 Å². The van der Waals surface area contributed by atoms with Crippen molar-refractivity contribution in [2.75, 3.05) is 6.61 Å². The molecule has 0 saturated heterocycles. The van der Waals surface area contributed by atoms with Crippen LogP contribution in [0.2, 0.25) is 0 Å². The van der Waals surface area contributed by atoms with E-state index in [1.807, 2.05) is 86.6 Å². The van der Waals surface area contributed by atoms with Gasteiger partial charge in [0.05, 0.1) is 12.3 Å². The highest BCUT2D eigenvalue weighted by Gasteiger charge is 2.22. The third-order valence-electron chi connectivity index (χ3n) is 4.98. The van der Waals surface area contributed by atoms with E-state index in [0.29, 0.717) is 12.3 Å². The van der Waals surface area contributed by atoms with E-state index >= 15 is 0 Å². The zero-order valence-corrected chi connectivity index (χ0v) is 17.1. The first-order valence-corrected chi connectivity index (χ1v) is 10.1. The molecule has 1 heterocycles. The van der Waals surface area contributed by atoms with Gasteiger partial charge in [0.1, 0.15) is 0 Å². The number of hydrogen-bond acceptors (Lipinski definition) is 3. The summed E-state index contributed by atoms with van der Waals surface area (Å²) in [6, 6.07) is 30.2. The maximum atomic E-state index is 13.0. The predicted octanol–water partition coefficient (Wildman–Crippen LogP) is 6.57. The van der Waals surface area contributed by atoms with E-state index in [9.17, 15) is 4.79 Å². The second-order valence-corrected chi connectivity index (χ2v) is 7.10. The lowest BCUT2D eigenvalue weighted by Crippen LogP contribution is -2.11. The summed E-state index contributed by atoms with van der Waals surface area (Å²) in [6.07, 6.45) is 0. The monoisotopic (exact) mass is 393 g/mol. The Labute approximate surface area is 177 Å². The summed E-state index contributed by atoms with van der Waals surface area (Å²) in [7, 11) is 0. The van der Waals surface area contributed by atoms with Crippen molar-refractivity contribution < 1.29 is 9.53 Å². The van der Waals surface area contributed by atoms with Crippen LogP contribution in [0, 0.1) is 6.92 Å². The zero-order valence-electron chi connectivity index (χ0n) is 17.1. The average molecular weight is 393 g/mol. The van der Waals surface area contributed by atoms with Gasteiger partial charge in [0.15, 0.2) is 5.69 Å². The second kappa shape index (κ2) is 8.75. The molecule has 0 atom stereocenters. The number of rotatable bonds is 5. The Hall–Kier alpha value is -3.72. The molecule has 0 unspecified atom stereocenters. The fourth-order valence-corrected chi connectivity index (χ4v) is 3.51. The van der Waals surface area contributed by atoms with Gasteiger partial charge in [0.25, 0.3) is 0 Å². The number of esters is 1. The minimum absolute atomic E-state index is 0.296. The second-order valence-electron chi connectivity index (χ2n) is 7.10. The van der Waals surface area contributed by atoms with E-state index in [2.05, 4.69) is 18.2 Å². The zero-order chi connectivity index (χ0) is 20.9. The van der Waals surface area contributed by atoms with E-state index < -0.39 is 5.97 Å². The summed E-state index contributed by atoms with van der Waals surface area (Å²) in [5, 5.41) is 0. The van der Waals surface area contributed by atoms with Gasteiger partial charge in [-0.2, -0.15) is 0 Å². The molecule has 0 aliphatic rings. The van der Waals surface area contributed by atoms with Gasteiger partial charge in [0, 0.05) is 11.1 Å². The van der Waals surface area contributed by atoms with Crippen molar-refractivity contribution in [1.82, 2.24) is 4.98 Å². The molecule has 3 heteroatoms. The highest BCUT2D eigenvalue weighted by atomic mass is 16.5. The van der Waals surface area contributed by atoms with Gasteiger partial charge in [-0.25, -0.2) is 9.78 Å². The summed E-state index contributed by atoms with van der Waals surface area (Å²) >= 11 is 0. The summed E-state index contributed by atoms with van der Waals surface area (Å²) in [6.45, 7) is 4.15. The number of carbonyl (C=O) groups is 1. The van der Waals surface area contributed by atoms with Crippen LogP contribution in [-0.2, 0) is 4.74 Å². The van der Waals surface area contributed by atoms with E-state index in [0.717, 1.165) is 39.1 Å². The van der Waals surface area contributed by atoms with Crippen molar-refractivity contribution in [1.29, 1.82) is 0 Å².